The molecule has 5 heteroatoms. The summed E-state index contributed by atoms with van der Waals surface area (Å²) in [6.07, 6.45) is 6.29. The minimum Gasteiger partial charge on any atom is -0.370 e. The molecule has 4 nitrogen and oxygen atoms in total. The van der Waals surface area contributed by atoms with Crippen molar-refractivity contribution < 1.29 is 9.53 Å². The number of nitrogens with zero attached hydrogens (tertiary/aromatic N) is 2. The van der Waals surface area contributed by atoms with Crippen molar-refractivity contribution in [3.05, 3.63) is 16.9 Å². The number of ketones is 1. The summed E-state index contributed by atoms with van der Waals surface area (Å²) in [5.41, 5.74) is -0.211. The van der Waals surface area contributed by atoms with E-state index >= 15 is 0 Å². The largest absolute Gasteiger partial charge is 0.370 e. The lowest BCUT2D eigenvalue weighted by Crippen LogP contribution is -2.43. The predicted octanol–water partition coefficient (Wildman–Crippen LogP) is 3.09. The molecule has 0 spiro atoms. The third-order valence-corrected chi connectivity index (χ3v) is 4.05. The van der Waals surface area contributed by atoms with Gasteiger partial charge in [0.15, 0.2) is 0 Å². The molecule has 18 heavy (non-hydrogen) atoms. The summed E-state index contributed by atoms with van der Waals surface area (Å²) in [5.74, 6) is -0.0194. The van der Waals surface area contributed by atoms with Crippen molar-refractivity contribution in [2.75, 3.05) is 7.11 Å². The highest BCUT2D eigenvalue weighted by Crippen LogP contribution is 2.35. The molecule has 1 aromatic rings. The monoisotopic (exact) mass is 270 g/mol. The Morgan fingerprint density at radius 2 is 2.17 bits per heavy atom. The first kappa shape index (κ1) is 13.6. The van der Waals surface area contributed by atoms with Gasteiger partial charge in [-0.1, -0.05) is 30.9 Å². The Hall–Kier alpha value is -0.870. The molecule has 0 saturated heterocycles. The minimum atomic E-state index is -0.700. The zero-order chi connectivity index (χ0) is 13.2. The quantitative estimate of drug-likeness (QED) is 0.790. The second-order valence-electron chi connectivity index (χ2n) is 4.75. The van der Waals surface area contributed by atoms with Crippen molar-refractivity contribution in [1.82, 2.24) is 9.78 Å². The van der Waals surface area contributed by atoms with Crippen LogP contribution in [-0.2, 0) is 11.3 Å². The number of halogens is 1. The summed E-state index contributed by atoms with van der Waals surface area (Å²) >= 11 is 6.10. The van der Waals surface area contributed by atoms with Crippen molar-refractivity contribution in [1.29, 1.82) is 0 Å². The van der Waals surface area contributed by atoms with Gasteiger partial charge in [-0.3, -0.25) is 9.48 Å². The van der Waals surface area contributed by atoms with E-state index in [1.807, 2.05) is 6.92 Å². The normalized spacial score (nSPS) is 18.8. The highest BCUT2D eigenvalue weighted by atomic mass is 35.5. The zero-order valence-electron chi connectivity index (χ0n) is 10.9. The van der Waals surface area contributed by atoms with Crippen LogP contribution in [0.25, 0.3) is 0 Å². The summed E-state index contributed by atoms with van der Waals surface area (Å²) < 4.78 is 7.22. The molecule has 1 aromatic heterocycles. The van der Waals surface area contributed by atoms with Gasteiger partial charge in [0.05, 0.1) is 11.2 Å². The first-order chi connectivity index (χ1) is 8.64. The van der Waals surface area contributed by atoms with Gasteiger partial charge in [-0.05, 0) is 19.8 Å². The molecule has 0 aromatic carbocycles. The van der Waals surface area contributed by atoms with Crippen LogP contribution < -0.4 is 0 Å². The van der Waals surface area contributed by atoms with Crippen LogP contribution in [0.5, 0.6) is 0 Å². The number of ether oxygens (including phenoxy) is 1. The van der Waals surface area contributed by atoms with Gasteiger partial charge < -0.3 is 4.74 Å². The number of methoxy groups -OCH3 is 1. The predicted molar refractivity (Wildman–Crippen MR) is 70.1 cm³/mol. The Kier molecular flexibility index (Phi) is 4.07. The summed E-state index contributed by atoms with van der Waals surface area (Å²) in [7, 11) is 1.61. The van der Waals surface area contributed by atoms with Crippen molar-refractivity contribution >= 4 is 17.4 Å². The molecule has 0 atom stereocenters. The summed E-state index contributed by atoms with van der Waals surface area (Å²) in [6.45, 7) is 2.58. The molecule has 1 heterocycles. The average molecular weight is 271 g/mol. The Morgan fingerprint density at radius 3 is 2.72 bits per heavy atom. The van der Waals surface area contributed by atoms with Crippen LogP contribution >= 0.6 is 11.6 Å². The molecule has 100 valence electrons. The smallest absolute Gasteiger partial charge is 0.214 e. The fourth-order valence-electron chi connectivity index (χ4n) is 2.69. The van der Waals surface area contributed by atoms with Gasteiger partial charge in [-0.2, -0.15) is 5.10 Å². The zero-order valence-corrected chi connectivity index (χ0v) is 11.7. The number of aromatic nitrogens is 2. The lowest BCUT2D eigenvalue weighted by molar-refractivity contribution is -0.0201. The third-order valence-electron chi connectivity index (χ3n) is 3.78. The fraction of sp³-hybridized carbons (Fsp3) is 0.692. The van der Waals surface area contributed by atoms with Crippen LogP contribution in [0.3, 0.4) is 0 Å². The molecule has 2 rings (SSSR count). The number of hydrogen-bond acceptors (Lipinski definition) is 3. The Morgan fingerprint density at radius 1 is 1.50 bits per heavy atom. The van der Waals surface area contributed by atoms with E-state index in [0.29, 0.717) is 17.3 Å². The first-order valence-corrected chi connectivity index (χ1v) is 6.83. The van der Waals surface area contributed by atoms with Gasteiger partial charge in [0.1, 0.15) is 11.3 Å². The molecule has 0 bridgehead atoms. The fourth-order valence-corrected chi connectivity index (χ4v) is 2.92. The van der Waals surface area contributed by atoms with Gasteiger partial charge in [0, 0.05) is 13.7 Å². The maximum atomic E-state index is 12.7. The van der Waals surface area contributed by atoms with Crippen LogP contribution in [0.15, 0.2) is 6.20 Å². The molecule has 0 amide bonds. The third kappa shape index (κ3) is 2.19. The summed E-state index contributed by atoms with van der Waals surface area (Å²) in [6, 6.07) is 0. The van der Waals surface area contributed by atoms with Crippen molar-refractivity contribution in [2.45, 2.75) is 51.2 Å². The van der Waals surface area contributed by atoms with Crippen molar-refractivity contribution in [2.24, 2.45) is 0 Å². The molecular weight excluding hydrogens is 252 g/mol. The Bertz CT molecular complexity index is 436. The van der Waals surface area contributed by atoms with E-state index in [-0.39, 0.29) is 5.78 Å². The van der Waals surface area contributed by atoms with Crippen LogP contribution in [-0.4, -0.2) is 28.3 Å². The Labute approximate surface area is 112 Å². The molecule has 1 aliphatic rings. The van der Waals surface area contributed by atoms with E-state index in [1.165, 1.54) is 12.6 Å². The van der Waals surface area contributed by atoms with Gasteiger partial charge >= 0.3 is 0 Å². The number of hydrogen-bond donors (Lipinski definition) is 0. The highest BCUT2D eigenvalue weighted by Gasteiger charge is 2.42. The van der Waals surface area contributed by atoms with Crippen LogP contribution in [0, 0.1) is 0 Å². The van der Waals surface area contributed by atoms with Crippen LogP contribution in [0.4, 0.5) is 0 Å². The molecule has 0 unspecified atom stereocenters. The number of carbonyl (C=O) groups is 1. The average Bonchev–Trinajstić information content (AvgIpc) is 2.79. The van der Waals surface area contributed by atoms with Crippen LogP contribution in [0.1, 0.15) is 49.5 Å². The topological polar surface area (TPSA) is 44.1 Å². The van der Waals surface area contributed by atoms with Crippen LogP contribution in [0.2, 0.25) is 5.02 Å². The van der Waals surface area contributed by atoms with Crippen molar-refractivity contribution in [3.8, 4) is 0 Å². The van der Waals surface area contributed by atoms with E-state index in [1.54, 1.807) is 11.8 Å². The molecule has 0 N–H and O–H groups in total. The van der Waals surface area contributed by atoms with E-state index in [9.17, 15) is 4.79 Å². The number of rotatable bonds is 4. The van der Waals surface area contributed by atoms with Crippen molar-refractivity contribution in [3.63, 3.8) is 0 Å². The maximum Gasteiger partial charge on any atom is 0.214 e. The van der Waals surface area contributed by atoms with E-state index in [0.717, 1.165) is 25.7 Å². The second kappa shape index (κ2) is 5.41. The number of aryl methyl sites for hydroxylation is 1. The number of carbonyl (C=O) groups excluding carboxylic acids is 1. The first-order valence-electron chi connectivity index (χ1n) is 6.46. The second-order valence-corrected chi connectivity index (χ2v) is 5.15. The van der Waals surface area contributed by atoms with Gasteiger partial charge in [-0.15, -0.1) is 0 Å². The molecular formula is C13H19ClN2O2. The molecule has 0 aliphatic heterocycles. The highest BCUT2D eigenvalue weighted by molar-refractivity contribution is 6.34. The molecule has 1 fully saturated rings. The maximum absolute atomic E-state index is 12.7. The van der Waals surface area contributed by atoms with E-state index < -0.39 is 5.60 Å². The van der Waals surface area contributed by atoms with Gasteiger partial charge in [0.2, 0.25) is 5.78 Å². The standard InChI is InChI=1S/C13H19ClN2O2/c1-3-16-11(10(14)9-15-16)12(17)13(18-2)7-5-4-6-8-13/h9H,3-8H2,1-2H3. The molecule has 1 aliphatic carbocycles. The lowest BCUT2D eigenvalue weighted by atomic mass is 9.80. The van der Waals surface area contributed by atoms with E-state index in [2.05, 4.69) is 5.10 Å². The lowest BCUT2D eigenvalue weighted by Gasteiger charge is -2.34. The van der Waals surface area contributed by atoms with Gasteiger partial charge in [-0.25, -0.2) is 0 Å². The van der Waals surface area contributed by atoms with E-state index in [4.69, 9.17) is 16.3 Å². The summed E-state index contributed by atoms with van der Waals surface area (Å²) in [5, 5.41) is 4.54. The SMILES string of the molecule is CCn1ncc(Cl)c1C(=O)C1(OC)CCCCC1. The number of Topliss-reactive ketones (excluding diaryl/α,β-unsaturated/α-hetero) is 1. The molecule has 0 radical (unpaired) electrons. The summed E-state index contributed by atoms with van der Waals surface area (Å²) in [4.78, 5) is 12.7. The van der Waals surface area contributed by atoms with Gasteiger partial charge in [0.25, 0.3) is 0 Å². The molecule has 1 saturated carbocycles. The minimum absolute atomic E-state index is 0.0194. The Balaban J connectivity index is 2.36.